The molecule has 7 nitrogen and oxygen atoms in total. The van der Waals surface area contributed by atoms with Crippen molar-refractivity contribution in [3.63, 3.8) is 0 Å². The van der Waals surface area contributed by atoms with E-state index in [0.717, 1.165) is 37.7 Å². The van der Waals surface area contributed by atoms with Gasteiger partial charge in [-0.1, -0.05) is 0 Å². The smallest absolute Gasteiger partial charge is 0.194 e. The van der Waals surface area contributed by atoms with Crippen molar-refractivity contribution >= 4 is 29.9 Å². The van der Waals surface area contributed by atoms with E-state index in [0.29, 0.717) is 12.6 Å². The van der Waals surface area contributed by atoms with Crippen LogP contribution < -0.4 is 5.32 Å². The van der Waals surface area contributed by atoms with Crippen LogP contribution in [-0.4, -0.2) is 57.5 Å². The van der Waals surface area contributed by atoms with Crippen LogP contribution in [0.25, 0.3) is 0 Å². The average Bonchev–Trinajstić information content (AvgIpc) is 2.85. The first-order valence-corrected chi connectivity index (χ1v) is 7.85. The van der Waals surface area contributed by atoms with E-state index in [4.69, 9.17) is 4.74 Å². The summed E-state index contributed by atoms with van der Waals surface area (Å²) in [6.45, 7) is 8.88. The van der Waals surface area contributed by atoms with Gasteiger partial charge in [0.2, 0.25) is 0 Å². The highest BCUT2D eigenvalue weighted by atomic mass is 127. The van der Waals surface area contributed by atoms with Crippen LogP contribution in [0.4, 0.5) is 0 Å². The third kappa shape index (κ3) is 6.25. The average molecular weight is 436 g/mol. The van der Waals surface area contributed by atoms with Crippen molar-refractivity contribution in [2.24, 2.45) is 12.0 Å². The zero-order valence-electron chi connectivity index (χ0n) is 14.7. The Morgan fingerprint density at radius 3 is 2.52 bits per heavy atom. The van der Waals surface area contributed by atoms with E-state index in [1.54, 1.807) is 6.33 Å². The van der Waals surface area contributed by atoms with Crippen molar-refractivity contribution in [3.05, 3.63) is 12.2 Å². The Morgan fingerprint density at radius 2 is 2.04 bits per heavy atom. The Bertz CT molecular complexity index is 502. The number of nitrogens with one attached hydrogen (secondary N) is 1. The zero-order valence-corrected chi connectivity index (χ0v) is 17.1. The molecule has 0 amide bonds. The molecule has 0 unspecified atom stereocenters. The molecule has 0 aromatic carbocycles. The van der Waals surface area contributed by atoms with Gasteiger partial charge in [0.05, 0.1) is 18.2 Å². The van der Waals surface area contributed by atoms with Crippen LogP contribution in [0.3, 0.4) is 0 Å². The van der Waals surface area contributed by atoms with Gasteiger partial charge in [-0.15, -0.1) is 34.2 Å². The molecule has 23 heavy (non-hydrogen) atoms. The summed E-state index contributed by atoms with van der Waals surface area (Å²) in [4.78, 5) is 6.65. The number of hydrogen-bond acceptors (Lipinski definition) is 4. The maximum atomic E-state index is 6.07. The van der Waals surface area contributed by atoms with E-state index in [1.165, 1.54) is 0 Å². The predicted molar refractivity (Wildman–Crippen MR) is 102 cm³/mol. The molecule has 0 bridgehead atoms. The molecule has 1 N–H and O–H groups in total. The summed E-state index contributed by atoms with van der Waals surface area (Å²) in [5.41, 5.74) is -0.0715. The van der Waals surface area contributed by atoms with E-state index >= 15 is 0 Å². The van der Waals surface area contributed by atoms with E-state index in [9.17, 15) is 0 Å². The van der Waals surface area contributed by atoms with Gasteiger partial charge in [-0.3, -0.25) is 4.99 Å². The van der Waals surface area contributed by atoms with Gasteiger partial charge in [0.1, 0.15) is 6.33 Å². The summed E-state index contributed by atoms with van der Waals surface area (Å²) in [5, 5.41) is 11.3. The first kappa shape index (κ1) is 20.1. The van der Waals surface area contributed by atoms with Gasteiger partial charge >= 0.3 is 0 Å². The summed E-state index contributed by atoms with van der Waals surface area (Å²) in [6.07, 6.45) is 4.10. The van der Waals surface area contributed by atoms with Crippen molar-refractivity contribution in [1.82, 2.24) is 25.0 Å². The molecular formula is C15H29IN6O. The summed E-state index contributed by atoms with van der Waals surface area (Å²) in [6, 6.07) is 0. The first-order chi connectivity index (χ1) is 10.4. The molecule has 0 saturated carbocycles. The number of piperidine rings is 1. The lowest BCUT2D eigenvalue weighted by Gasteiger charge is -2.36. The van der Waals surface area contributed by atoms with Crippen LogP contribution in [0.2, 0.25) is 0 Å². The number of halogens is 1. The second kappa shape index (κ2) is 8.81. The third-order valence-electron chi connectivity index (χ3n) is 3.68. The molecule has 8 heteroatoms. The third-order valence-corrected chi connectivity index (χ3v) is 3.68. The number of guanidine groups is 1. The molecule has 2 rings (SSSR count). The fraction of sp³-hybridized carbons (Fsp3) is 0.800. The highest BCUT2D eigenvalue weighted by Gasteiger charge is 2.25. The molecule has 1 saturated heterocycles. The fourth-order valence-corrected chi connectivity index (χ4v) is 2.64. The summed E-state index contributed by atoms with van der Waals surface area (Å²) >= 11 is 0. The number of aliphatic imine (C=N–C) groups is 1. The first-order valence-electron chi connectivity index (χ1n) is 7.85. The molecule has 0 aliphatic carbocycles. The monoisotopic (exact) mass is 436 g/mol. The van der Waals surface area contributed by atoms with Gasteiger partial charge in [-0.25, -0.2) is 0 Å². The van der Waals surface area contributed by atoms with Crippen molar-refractivity contribution in [2.75, 3.05) is 20.1 Å². The molecule has 1 fully saturated rings. The van der Waals surface area contributed by atoms with Crippen molar-refractivity contribution in [1.29, 1.82) is 0 Å². The van der Waals surface area contributed by atoms with E-state index in [2.05, 4.69) is 46.2 Å². The van der Waals surface area contributed by atoms with Gasteiger partial charge in [0.15, 0.2) is 11.8 Å². The number of ether oxygens (including phenoxy) is 1. The molecule has 132 valence electrons. The van der Waals surface area contributed by atoms with Crippen LogP contribution in [0.5, 0.6) is 0 Å². The minimum atomic E-state index is -0.0715. The standard InChI is InChI=1S/C15H28N6O.HI/c1-15(2,3)22-12-6-8-21(9-7-12)14(16-4)17-10-13-19-18-11-20(13)5;/h11-12H,6-10H2,1-5H3,(H,16,17);1H. The molecule has 0 radical (unpaired) electrons. The summed E-state index contributed by atoms with van der Waals surface area (Å²) < 4.78 is 7.97. The maximum absolute atomic E-state index is 6.07. The van der Waals surface area contributed by atoms with Crippen molar-refractivity contribution < 1.29 is 4.74 Å². The van der Waals surface area contributed by atoms with Crippen LogP contribution in [-0.2, 0) is 18.3 Å². The molecule has 1 aliphatic rings. The topological polar surface area (TPSA) is 67.6 Å². The quantitative estimate of drug-likeness (QED) is 0.445. The molecule has 2 heterocycles. The Kier molecular flexibility index (Phi) is 7.72. The largest absolute Gasteiger partial charge is 0.372 e. The van der Waals surface area contributed by atoms with Gasteiger partial charge in [0, 0.05) is 27.2 Å². The highest BCUT2D eigenvalue weighted by Crippen LogP contribution is 2.20. The predicted octanol–water partition coefficient (Wildman–Crippen LogP) is 1.79. The lowest BCUT2D eigenvalue weighted by molar-refractivity contribution is -0.0772. The molecule has 0 atom stereocenters. The van der Waals surface area contributed by atoms with E-state index in [-0.39, 0.29) is 29.6 Å². The minimum absolute atomic E-state index is 0. The van der Waals surface area contributed by atoms with Gasteiger partial charge in [-0.2, -0.15) is 0 Å². The summed E-state index contributed by atoms with van der Waals surface area (Å²) in [5.74, 6) is 1.81. The Labute approximate surface area is 155 Å². The van der Waals surface area contributed by atoms with Gasteiger partial charge in [-0.05, 0) is 33.6 Å². The molecular weight excluding hydrogens is 407 g/mol. The lowest BCUT2D eigenvalue weighted by atomic mass is 10.1. The molecule has 1 aliphatic heterocycles. The lowest BCUT2D eigenvalue weighted by Crippen LogP contribution is -2.47. The molecule has 1 aromatic rings. The number of aromatic nitrogens is 3. The maximum Gasteiger partial charge on any atom is 0.194 e. The van der Waals surface area contributed by atoms with E-state index < -0.39 is 0 Å². The van der Waals surface area contributed by atoms with E-state index in [1.807, 2.05) is 18.7 Å². The second-order valence-electron chi connectivity index (χ2n) is 6.68. The van der Waals surface area contributed by atoms with Crippen LogP contribution in [0.15, 0.2) is 11.3 Å². The van der Waals surface area contributed by atoms with Crippen LogP contribution in [0, 0.1) is 0 Å². The Balaban J connectivity index is 0.00000264. The normalized spacial score (nSPS) is 17.1. The summed E-state index contributed by atoms with van der Waals surface area (Å²) in [7, 11) is 3.76. The Hall–Kier alpha value is -0.900. The zero-order chi connectivity index (χ0) is 16.2. The van der Waals surface area contributed by atoms with Crippen LogP contribution >= 0.6 is 24.0 Å². The highest BCUT2D eigenvalue weighted by molar-refractivity contribution is 14.0. The second-order valence-corrected chi connectivity index (χ2v) is 6.68. The number of hydrogen-bond donors (Lipinski definition) is 1. The van der Waals surface area contributed by atoms with Crippen molar-refractivity contribution in [2.45, 2.75) is 51.9 Å². The Morgan fingerprint density at radius 1 is 1.39 bits per heavy atom. The molecule has 1 aromatic heterocycles. The number of likely N-dealkylation sites (tertiary alicyclic amines) is 1. The molecule has 0 spiro atoms. The number of rotatable bonds is 3. The van der Waals surface area contributed by atoms with Crippen molar-refractivity contribution in [3.8, 4) is 0 Å². The minimum Gasteiger partial charge on any atom is -0.372 e. The number of nitrogens with zero attached hydrogens (tertiary/aromatic N) is 5. The van der Waals surface area contributed by atoms with Gasteiger partial charge < -0.3 is 19.5 Å². The number of aryl methyl sites for hydroxylation is 1. The van der Waals surface area contributed by atoms with Crippen LogP contribution in [0.1, 0.15) is 39.4 Å². The SMILES string of the molecule is CN=C(NCc1nncn1C)N1CCC(OC(C)(C)C)CC1.I. The fourth-order valence-electron chi connectivity index (χ4n) is 2.64. The van der Waals surface area contributed by atoms with Gasteiger partial charge in [0.25, 0.3) is 0 Å².